The lowest BCUT2D eigenvalue weighted by atomic mass is 9.96. The number of alkyl halides is 1. The van der Waals surface area contributed by atoms with Crippen LogP contribution >= 0.6 is 11.6 Å². The van der Waals surface area contributed by atoms with Crippen molar-refractivity contribution in [3.63, 3.8) is 0 Å². The minimum atomic E-state index is 0.352. The summed E-state index contributed by atoms with van der Waals surface area (Å²) in [4.78, 5) is 0. The molecule has 0 spiro atoms. The van der Waals surface area contributed by atoms with Gasteiger partial charge < -0.3 is 0 Å². The average molecular weight is 146 g/mol. The summed E-state index contributed by atoms with van der Waals surface area (Å²) >= 11 is 5.92. The largest absolute Gasteiger partial charge is 0.123 e. The Bertz CT molecular complexity index is 90.6. The highest BCUT2D eigenvalue weighted by Gasteiger charge is 2.28. The molecule has 1 radical (unpaired) electrons. The van der Waals surface area contributed by atoms with Crippen LogP contribution in [0.3, 0.4) is 0 Å². The lowest BCUT2D eigenvalue weighted by Gasteiger charge is -2.09. The second-order valence-corrected chi connectivity index (χ2v) is 3.55. The highest BCUT2D eigenvalue weighted by atomic mass is 35.5. The lowest BCUT2D eigenvalue weighted by molar-refractivity contribution is 0.445. The van der Waals surface area contributed by atoms with Gasteiger partial charge in [-0.25, -0.2) is 0 Å². The maximum absolute atomic E-state index is 5.92. The van der Waals surface area contributed by atoms with Gasteiger partial charge in [0, 0.05) is 5.38 Å². The van der Waals surface area contributed by atoms with Crippen molar-refractivity contribution in [3.8, 4) is 0 Å². The monoisotopic (exact) mass is 145 g/mol. The second kappa shape index (κ2) is 2.92. The predicted octanol–water partition coefficient (Wildman–Crippen LogP) is 2.86. The normalized spacial score (nSPS) is 43.7. The first kappa shape index (κ1) is 7.40. The number of rotatable bonds is 1. The van der Waals surface area contributed by atoms with Crippen molar-refractivity contribution >= 4 is 11.6 Å². The van der Waals surface area contributed by atoms with E-state index in [1.165, 1.54) is 12.8 Å². The zero-order valence-corrected chi connectivity index (χ0v) is 6.86. The minimum absolute atomic E-state index is 0.352. The second-order valence-electron chi connectivity index (χ2n) is 2.99. The first-order valence-electron chi connectivity index (χ1n) is 3.73. The molecule has 3 unspecified atom stereocenters. The van der Waals surface area contributed by atoms with E-state index in [4.69, 9.17) is 11.6 Å². The Morgan fingerprint density at radius 3 is 2.56 bits per heavy atom. The van der Waals surface area contributed by atoms with Crippen molar-refractivity contribution in [3.05, 3.63) is 6.42 Å². The van der Waals surface area contributed by atoms with Crippen molar-refractivity contribution in [1.29, 1.82) is 0 Å². The fourth-order valence-electron chi connectivity index (χ4n) is 1.60. The molecule has 9 heavy (non-hydrogen) atoms. The summed E-state index contributed by atoms with van der Waals surface area (Å²) < 4.78 is 0. The van der Waals surface area contributed by atoms with E-state index in [1.54, 1.807) is 0 Å². The molecule has 3 atom stereocenters. The molecule has 1 aliphatic rings. The molecule has 1 fully saturated rings. The maximum atomic E-state index is 5.92. The smallest absolute Gasteiger partial charge is 0.0372 e. The zero-order chi connectivity index (χ0) is 6.85. The van der Waals surface area contributed by atoms with Gasteiger partial charge in [0.15, 0.2) is 0 Å². The first-order chi connectivity index (χ1) is 4.24. The van der Waals surface area contributed by atoms with Crippen molar-refractivity contribution < 1.29 is 0 Å². The quantitative estimate of drug-likeness (QED) is 0.498. The van der Waals surface area contributed by atoms with Crippen LogP contribution < -0.4 is 0 Å². The van der Waals surface area contributed by atoms with Crippen molar-refractivity contribution in [1.82, 2.24) is 0 Å². The molecule has 1 saturated carbocycles. The Kier molecular flexibility index (Phi) is 2.40. The van der Waals surface area contributed by atoms with Gasteiger partial charge in [0.05, 0.1) is 0 Å². The summed E-state index contributed by atoms with van der Waals surface area (Å²) in [5.41, 5.74) is 0. The van der Waals surface area contributed by atoms with Gasteiger partial charge in [-0.1, -0.05) is 20.3 Å². The summed E-state index contributed by atoms with van der Waals surface area (Å²) in [6.07, 6.45) is 4.72. The molecule has 1 aliphatic carbocycles. The van der Waals surface area contributed by atoms with Crippen LogP contribution in [-0.4, -0.2) is 5.38 Å². The molecule has 0 nitrogen and oxygen atoms in total. The Morgan fingerprint density at radius 1 is 1.67 bits per heavy atom. The van der Waals surface area contributed by atoms with Crippen LogP contribution in [0.1, 0.15) is 26.7 Å². The number of hydrogen-bond acceptors (Lipinski definition) is 0. The van der Waals surface area contributed by atoms with Gasteiger partial charge in [0.2, 0.25) is 0 Å². The summed E-state index contributed by atoms with van der Waals surface area (Å²) in [7, 11) is 0. The molecule has 0 saturated heterocycles. The van der Waals surface area contributed by atoms with E-state index in [9.17, 15) is 0 Å². The van der Waals surface area contributed by atoms with E-state index in [0.29, 0.717) is 5.38 Å². The molecule has 0 aromatic heterocycles. The van der Waals surface area contributed by atoms with Crippen molar-refractivity contribution in [2.75, 3.05) is 0 Å². The molecule has 0 bridgehead atoms. The zero-order valence-electron chi connectivity index (χ0n) is 6.10. The third-order valence-electron chi connectivity index (χ3n) is 2.26. The van der Waals surface area contributed by atoms with Gasteiger partial charge in [-0.2, -0.15) is 0 Å². The molecule has 0 heterocycles. The van der Waals surface area contributed by atoms with Crippen molar-refractivity contribution in [2.24, 2.45) is 11.8 Å². The molecule has 53 valence electrons. The maximum Gasteiger partial charge on any atom is 0.0372 e. The standard InChI is InChI=1S/C8H14Cl/c1-3-7-5-8(9)4-6(7)2/h5-8H,3-4H2,1-2H3. The lowest BCUT2D eigenvalue weighted by Crippen LogP contribution is -2.01. The van der Waals surface area contributed by atoms with Gasteiger partial charge in [0.25, 0.3) is 0 Å². The molecule has 0 N–H and O–H groups in total. The van der Waals surface area contributed by atoms with E-state index in [0.717, 1.165) is 11.8 Å². The van der Waals surface area contributed by atoms with Crippen LogP contribution in [0.2, 0.25) is 0 Å². The Labute approximate surface area is 62.6 Å². The molecule has 1 heteroatoms. The molecule has 0 aromatic carbocycles. The molecule has 0 aromatic rings. The molecule has 0 aliphatic heterocycles. The van der Waals surface area contributed by atoms with Crippen LogP contribution in [-0.2, 0) is 0 Å². The molecular formula is C8H14Cl. The summed E-state index contributed by atoms with van der Waals surface area (Å²) in [5, 5.41) is 0.352. The van der Waals surface area contributed by atoms with Crippen LogP contribution in [0.15, 0.2) is 0 Å². The van der Waals surface area contributed by atoms with Gasteiger partial charge >= 0.3 is 0 Å². The molecular weight excluding hydrogens is 132 g/mol. The Morgan fingerprint density at radius 2 is 2.33 bits per heavy atom. The van der Waals surface area contributed by atoms with Gasteiger partial charge in [0.1, 0.15) is 0 Å². The van der Waals surface area contributed by atoms with Crippen molar-refractivity contribution in [2.45, 2.75) is 32.1 Å². The van der Waals surface area contributed by atoms with E-state index < -0.39 is 0 Å². The minimum Gasteiger partial charge on any atom is -0.123 e. The highest BCUT2D eigenvalue weighted by molar-refractivity contribution is 6.21. The number of hydrogen-bond donors (Lipinski definition) is 0. The third kappa shape index (κ3) is 1.61. The molecule has 1 rings (SSSR count). The van der Waals surface area contributed by atoms with E-state index in [1.807, 2.05) is 0 Å². The fourth-order valence-corrected chi connectivity index (χ4v) is 2.07. The summed E-state index contributed by atoms with van der Waals surface area (Å²) in [6.45, 7) is 4.51. The van der Waals surface area contributed by atoms with Crippen LogP contribution in [0.5, 0.6) is 0 Å². The van der Waals surface area contributed by atoms with Gasteiger partial charge in [-0.05, 0) is 24.7 Å². The fraction of sp³-hybridized carbons (Fsp3) is 0.875. The van der Waals surface area contributed by atoms with E-state index >= 15 is 0 Å². The number of halogens is 1. The average Bonchev–Trinajstić information content (AvgIpc) is 2.10. The Hall–Kier alpha value is 0.290. The van der Waals surface area contributed by atoms with Gasteiger partial charge in [-0.3, -0.25) is 0 Å². The van der Waals surface area contributed by atoms with E-state index in [-0.39, 0.29) is 0 Å². The third-order valence-corrected chi connectivity index (χ3v) is 2.58. The van der Waals surface area contributed by atoms with Crippen LogP contribution in [0, 0.1) is 18.3 Å². The predicted molar refractivity (Wildman–Crippen MR) is 41.5 cm³/mol. The summed E-state index contributed by atoms with van der Waals surface area (Å²) in [5.74, 6) is 1.60. The van der Waals surface area contributed by atoms with Crippen LogP contribution in [0.4, 0.5) is 0 Å². The molecule has 0 amide bonds. The van der Waals surface area contributed by atoms with Crippen LogP contribution in [0.25, 0.3) is 0 Å². The summed E-state index contributed by atoms with van der Waals surface area (Å²) in [6, 6.07) is 0. The SMILES string of the molecule is CCC1[CH]C(Cl)CC1C. The topological polar surface area (TPSA) is 0 Å². The highest BCUT2D eigenvalue weighted by Crippen LogP contribution is 2.35. The Balaban J connectivity index is 2.38. The van der Waals surface area contributed by atoms with E-state index in [2.05, 4.69) is 20.3 Å². The first-order valence-corrected chi connectivity index (χ1v) is 4.16. The van der Waals surface area contributed by atoms with Gasteiger partial charge in [-0.15, -0.1) is 11.6 Å².